The van der Waals surface area contributed by atoms with E-state index in [1.807, 2.05) is 36.5 Å². The number of nitrogens with zero attached hydrogens (tertiary/aromatic N) is 2. The molecule has 2 aromatic heterocycles. The molecule has 0 spiro atoms. The molecule has 0 bridgehead atoms. The van der Waals surface area contributed by atoms with Gasteiger partial charge in [-0.05, 0) is 24.3 Å². The molecular formula is C12H8N2OS. The van der Waals surface area contributed by atoms with Crippen LogP contribution >= 0.6 is 11.3 Å². The Morgan fingerprint density at radius 1 is 1.19 bits per heavy atom. The van der Waals surface area contributed by atoms with Crippen molar-refractivity contribution in [2.75, 3.05) is 0 Å². The molecule has 4 heteroatoms. The number of thiazole rings is 1. The lowest BCUT2D eigenvalue weighted by atomic mass is 10.3. The molecule has 1 aromatic carbocycles. The lowest BCUT2D eigenvalue weighted by Crippen LogP contribution is -1.95. The molecule has 3 aromatic rings. The third-order valence-corrected chi connectivity index (χ3v) is 3.43. The second-order valence-electron chi connectivity index (χ2n) is 3.39. The number of aromatic nitrogens is 2. The predicted molar refractivity (Wildman–Crippen MR) is 64.3 cm³/mol. The zero-order valence-corrected chi connectivity index (χ0v) is 9.15. The maximum absolute atomic E-state index is 10.8. The van der Waals surface area contributed by atoms with Crippen LogP contribution in [0.15, 0.2) is 42.6 Å². The van der Waals surface area contributed by atoms with Crippen molar-refractivity contribution in [3.05, 3.63) is 48.3 Å². The monoisotopic (exact) mass is 228 g/mol. The van der Waals surface area contributed by atoms with Gasteiger partial charge in [0, 0.05) is 6.20 Å². The Balaban J connectivity index is 2.22. The summed E-state index contributed by atoms with van der Waals surface area (Å²) in [5.74, 6) is 0. The molecular weight excluding hydrogens is 220 g/mol. The van der Waals surface area contributed by atoms with Gasteiger partial charge in [0.2, 0.25) is 0 Å². The average Bonchev–Trinajstić information content (AvgIpc) is 2.94. The van der Waals surface area contributed by atoms with Crippen LogP contribution < -0.4 is 0 Å². The van der Waals surface area contributed by atoms with Crippen LogP contribution in [-0.4, -0.2) is 15.8 Å². The summed E-state index contributed by atoms with van der Waals surface area (Å²) in [6.45, 7) is 0. The van der Waals surface area contributed by atoms with Gasteiger partial charge >= 0.3 is 0 Å². The van der Waals surface area contributed by atoms with Gasteiger partial charge in [0.1, 0.15) is 0 Å². The van der Waals surface area contributed by atoms with E-state index < -0.39 is 0 Å². The van der Waals surface area contributed by atoms with Crippen LogP contribution in [0.25, 0.3) is 15.3 Å². The topological polar surface area (TPSA) is 34.9 Å². The Hall–Kier alpha value is -1.94. The SMILES string of the molecule is O=Cc1cccn1-c1nc2ccccc2s1. The van der Waals surface area contributed by atoms with E-state index in [9.17, 15) is 4.79 Å². The molecule has 0 fully saturated rings. The summed E-state index contributed by atoms with van der Waals surface area (Å²) in [6.07, 6.45) is 2.69. The third kappa shape index (κ3) is 1.35. The molecule has 78 valence electrons. The minimum absolute atomic E-state index is 0.624. The van der Waals surface area contributed by atoms with E-state index in [2.05, 4.69) is 4.98 Å². The first-order chi connectivity index (χ1) is 7.88. The Labute approximate surface area is 96.0 Å². The molecule has 0 atom stereocenters. The maximum Gasteiger partial charge on any atom is 0.195 e. The normalized spacial score (nSPS) is 10.8. The first kappa shape index (κ1) is 9.30. The van der Waals surface area contributed by atoms with Gasteiger partial charge in [-0.1, -0.05) is 23.5 Å². The quantitative estimate of drug-likeness (QED) is 0.632. The summed E-state index contributed by atoms with van der Waals surface area (Å²) in [4.78, 5) is 15.3. The van der Waals surface area contributed by atoms with E-state index in [0.717, 1.165) is 21.6 Å². The number of hydrogen-bond acceptors (Lipinski definition) is 3. The number of aldehydes is 1. The summed E-state index contributed by atoms with van der Waals surface area (Å²) in [6, 6.07) is 11.6. The molecule has 0 radical (unpaired) electrons. The number of rotatable bonds is 2. The van der Waals surface area contributed by atoms with Crippen molar-refractivity contribution in [3.63, 3.8) is 0 Å². The molecule has 0 aliphatic carbocycles. The fourth-order valence-corrected chi connectivity index (χ4v) is 2.60. The molecule has 2 heterocycles. The molecule has 0 unspecified atom stereocenters. The van der Waals surface area contributed by atoms with Gasteiger partial charge in [0.25, 0.3) is 0 Å². The highest BCUT2D eigenvalue weighted by atomic mass is 32.1. The van der Waals surface area contributed by atoms with Crippen molar-refractivity contribution < 1.29 is 4.79 Å². The molecule has 0 N–H and O–H groups in total. The fraction of sp³-hybridized carbons (Fsp3) is 0. The first-order valence-electron chi connectivity index (χ1n) is 4.87. The summed E-state index contributed by atoms with van der Waals surface area (Å²) < 4.78 is 2.93. The number of hydrogen-bond donors (Lipinski definition) is 0. The van der Waals surface area contributed by atoms with E-state index >= 15 is 0 Å². The van der Waals surface area contributed by atoms with Crippen molar-refractivity contribution in [1.82, 2.24) is 9.55 Å². The van der Waals surface area contributed by atoms with E-state index in [4.69, 9.17) is 0 Å². The third-order valence-electron chi connectivity index (χ3n) is 2.39. The van der Waals surface area contributed by atoms with E-state index in [0.29, 0.717) is 5.69 Å². The number of carbonyl (C=O) groups is 1. The van der Waals surface area contributed by atoms with Crippen molar-refractivity contribution >= 4 is 27.8 Å². The van der Waals surface area contributed by atoms with Crippen molar-refractivity contribution in [2.45, 2.75) is 0 Å². The second-order valence-corrected chi connectivity index (χ2v) is 4.39. The number of carbonyl (C=O) groups excluding carboxylic acids is 1. The van der Waals surface area contributed by atoms with Crippen LogP contribution in [0, 0.1) is 0 Å². The highest BCUT2D eigenvalue weighted by Crippen LogP contribution is 2.25. The molecule has 3 rings (SSSR count). The van der Waals surface area contributed by atoms with Crippen LogP contribution in [0.3, 0.4) is 0 Å². The van der Waals surface area contributed by atoms with Gasteiger partial charge in [-0.3, -0.25) is 9.36 Å². The van der Waals surface area contributed by atoms with E-state index in [1.54, 1.807) is 22.0 Å². The lowest BCUT2D eigenvalue weighted by molar-refractivity contribution is 0.111. The minimum Gasteiger partial charge on any atom is -0.296 e. The number of para-hydroxylation sites is 1. The summed E-state index contributed by atoms with van der Waals surface area (Å²) >= 11 is 1.58. The Bertz CT molecular complexity index is 621. The lowest BCUT2D eigenvalue weighted by Gasteiger charge is -1.97. The Morgan fingerprint density at radius 2 is 2.06 bits per heavy atom. The van der Waals surface area contributed by atoms with Crippen LogP contribution in [0.4, 0.5) is 0 Å². The number of fused-ring (bicyclic) bond motifs is 1. The molecule has 0 saturated carbocycles. The largest absolute Gasteiger partial charge is 0.296 e. The minimum atomic E-state index is 0.624. The van der Waals surface area contributed by atoms with Crippen LogP contribution in [-0.2, 0) is 0 Å². The molecule has 0 saturated heterocycles. The summed E-state index contributed by atoms with van der Waals surface area (Å²) in [7, 11) is 0. The molecule has 0 amide bonds. The standard InChI is InChI=1S/C12H8N2OS/c15-8-9-4-3-7-14(9)12-13-10-5-1-2-6-11(10)16-12/h1-8H. The van der Waals surface area contributed by atoms with Gasteiger partial charge in [-0.25, -0.2) is 4.98 Å². The Kier molecular flexibility index (Phi) is 2.08. The molecule has 16 heavy (non-hydrogen) atoms. The van der Waals surface area contributed by atoms with Gasteiger partial charge < -0.3 is 0 Å². The summed E-state index contributed by atoms with van der Waals surface area (Å²) in [5, 5.41) is 0.827. The average molecular weight is 228 g/mol. The van der Waals surface area contributed by atoms with Crippen molar-refractivity contribution in [2.24, 2.45) is 0 Å². The Morgan fingerprint density at radius 3 is 2.88 bits per heavy atom. The van der Waals surface area contributed by atoms with Gasteiger partial charge in [0.15, 0.2) is 11.4 Å². The van der Waals surface area contributed by atoms with Gasteiger partial charge in [-0.15, -0.1) is 0 Å². The smallest absolute Gasteiger partial charge is 0.195 e. The number of benzene rings is 1. The molecule has 0 aliphatic heterocycles. The van der Waals surface area contributed by atoms with Crippen LogP contribution in [0.2, 0.25) is 0 Å². The fourth-order valence-electron chi connectivity index (χ4n) is 1.63. The summed E-state index contributed by atoms with van der Waals surface area (Å²) in [5.41, 5.74) is 1.59. The highest BCUT2D eigenvalue weighted by Gasteiger charge is 2.07. The van der Waals surface area contributed by atoms with Gasteiger partial charge in [-0.2, -0.15) is 0 Å². The zero-order valence-electron chi connectivity index (χ0n) is 8.33. The van der Waals surface area contributed by atoms with Gasteiger partial charge in [0.05, 0.1) is 15.9 Å². The predicted octanol–water partition coefficient (Wildman–Crippen LogP) is 2.90. The highest BCUT2D eigenvalue weighted by molar-refractivity contribution is 7.20. The van der Waals surface area contributed by atoms with Crippen molar-refractivity contribution in [3.8, 4) is 5.13 Å². The van der Waals surface area contributed by atoms with Crippen molar-refractivity contribution in [1.29, 1.82) is 0 Å². The van der Waals surface area contributed by atoms with Crippen LogP contribution in [0.5, 0.6) is 0 Å². The maximum atomic E-state index is 10.8. The van der Waals surface area contributed by atoms with E-state index in [-0.39, 0.29) is 0 Å². The van der Waals surface area contributed by atoms with E-state index in [1.165, 1.54) is 0 Å². The zero-order chi connectivity index (χ0) is 11.0. The first-order valence-corrected chi connectivity index (χ1v) is 5.68. The van der Waals surface area contributed by atoms with Crippen LogP contribution in [0.1, 0.15) is 10.5 Å². The second kappa shape index (κ2) is 3.57. The molecule has 3 nitrogen and oxygen atoms in total. The molecule has 0 aliphatic rings.